The fourth-order valence-electron chi connectivity index (χ4n) is 2.56. The maximum Gasteiger partial charge on any atom is 0.285 e. The number of carbonyl (C=O) groups excluding carboxylic acids is 1. The molecule has 1 N–H and O–H groups in total. The smallest absolute Gasteiger partial charge is 0.285 e. The Hall–Kier alpha value is -2.80. The predicted molar refractivity (Wildman–Crippen MR) is 94.9 cm³/mol. The molecule has 1 aromatic heterocycles. The van der Waals surface area contributed by atoms with Gasteiger partial charge in [0, 0.05) is 5.56 Å². The van der Waals surface area contributed by atoms with Crippen molar-refractivity contribution in [2.24, 2.45) is 0 Å². The number of benzene rings is 2. The topological polar surface area (TPSA) is 85.1 Å². The Morgan fingerprint density at radius 2 is 1.83 bits per heavy atom. The van der Waals surface area contributed by atoms with Crippen molar-refractivity contribution in [2.45, 2.75) is 20.8 Å². The highest BCUT2D eigenvalue weighted by molar-refractivity contribution is 7.22. The number of thiazole rings is 1. The number of hydrogen-bond donors (Lipinski definition) is 1. The molecular formula is C17H15N3O3S. The van der Waals surface area contributed by atoms with Gasteiger partial charge in [0.05, 0.1) is 15.1 Å². The van der Waals surface area contributed by atoms with Crippen molar-refractivity contribution in [1.82, 2.24) is 4.98 Å². The first-order valence-electron chi connectivity index (χ1n) is 7.30. The average Bonchev–Trinajstić information content (AvgIpc) is 2.95. The first-order valence-corrected chi connectivity index (χ1v) is 8.12. The molecule has 0 spiro atoms. The summed E-state index contributed by atoms with van der Waals surface area (Å²) in [5.41, 5.74) is 3.25. The standard InChI is InChI=1S/C17H15N3O3S/c1-9-7-8-11(3)15-13(9)18-17(24-15)19-16(21)12-6-4-5-10(2)14(12)20(22)23/h4-8H,1-3H3,(H,18,19,21). The number of carbonyl (C=O) groups is 1. The third-order valence-corrected chi connectivity index (χ3v) is 4.93. The van der Waals surface area contributed by atoms with Crippen LogP contribution < -0.4 is 5.32 Å². The van der Waals surface area contributed by atoms with Crippen molar-refractivity contribution in [3.8, 4) is 0 Å². The Kier molecular flexibility index (Phi) is 4.02. The summed E-state index contributed by atoms with van der Waals surface area (Å²) in [7, 11) is 0. The van der Waals surface area contributed by atoms with E-state index in [0.29, 0.717) is 10.7 Å². The zero-order chi connectivity index (χ0) is 17.4. The molecule has 0 aliphatic rings. The number of anilines is 1. The van der Waals surface area contributed by atoms with Gasteiger partial charge in [-0.1, -0.05) is 35.6 Å². The highest BCUT2D eigenvalue weighted by Gasteiger charge is 2.23. The van der Waals surface area contributed by atoms with Crippen molar-refractivity contribution in [1.29, 1.82) is 0 Å². The van der Waals surface area contributed by atoms with Gasteiger partial charge in [0.25, 0.3) is 11.6 Å². The van der Waals surface area contributed by atoms with Gasteiger partial charge in [0.2, 0.25) is 0 Å². The summed E-state index contributed by atoms with van der Waals surface area (Å²) in [4.78, 5) is 27.7. The molecule has 0 fully saturated rings. The fraction of sp³-hybridized carbons (Fsp3) is 0.176. The number of nitro groups is 1. The van der Waals surface area contributed by atoms with Gasteiger partial charge in [-0.3, -0.25) is 20.2 Å². The summed E-state index contributed by atoms with van der Waals surface area (Å²) in [5, 5.41) is 14.4. The van der Waals surface area contributed by atoms with E-state index in [0.717, 1.165) is 21.3 Å². The lowest BCUT2D eigenvalue weighted by Crippen LogP contribution is -2.14. The Labute approximate surface area is 142 Å². The Bertz CT molecular complexity index is 940. The minimum absolute atomic E-state index is 0.0349. The zero-order valence-electron chi connectivity index (χ0n) is 13.4. The first-order chi connectivity index (χ1) is 11.4. The van der Waals surface area contributed by atoms with Gasteiger partial charge in [-0.05, 0) is 38.0 Å². The molecule has 122 valence electrons. The molecule has 0 unspecified atom stereocenters. The van der Waals surface area contributed by atoms with E-state index in [1.807, 2.05) is 26.0 Å². The molecule has 0 bridgehead atoms. The minimum atomic E-state index is -0.531. The van der Waals surface area contributed by atoms with Gasteiger partial charge >= 0.3 is 0 Å². The maximum absolute atomic E-state index is 12.5. The Morgan fingerprint density at radius 3 is 2.50 bits per heavy atom. The first kappa shape index (κ1) is 16.1. The van der Waals surface area contributed by atoms with Crippen molar-refractivity contribution >= 4 is 38.3 Å². The lowest BCUT2D eigenvalue weighted by Gasteiger charge is -2.04. The normalized spacial score (nSPS) is 10.8. The monoisotopic (exact) mass is 341 g/mol. The van der Waals surface area contributed by atoms with Crippen LogP contribution in [0.5, 0.6) is 0 Å². The highest BCUT2D eigenvalue weighted by Crippen LogP contribution is 2.32. The van der Waals surface area contributed by atoms with Crippen LogP contribution in [-0.4, -0.2) is 15.8 Å². The highest BCUT2D eigenvalue weighted by atomic mass is 32.1. The molecule has 0 saturated heterocycles. The van der Waals surface area contributed by atoms with Crippen LogP contribution in [0.25, 0.3) is 10.2 Å². The van der Waals surface area contributed by atoms with E-state index in [9.17, 15) is 14.9 Å². The second-order valence-electron chi connectivity index (χ2n) is 5.58. The third kappa shape index (κ3) is 2.74. The molecule has 1 heterocycles. The second kappa shape index (κ2) is 6.01. The van der Waals surface area contributed by atoms with Crippen LogP contribution in [0.15, 0.2) is 30.3 Å². The van der Waals surface area contributed by atoms with Crippen molar-refractivity contribution in [3.63, 3.8) is 0 Å². The van der Waals surface area contributed by atoms with Gasteiger partial charge in [-0.25, -0.2) is 4.98 Å². The number of rotatable bonds is 3. The molecule has 0 atom stereocenters. The largest absolute Gasteiger partial charge is 0.298 e. The summed E-state index contributed by atoms with van der Waals surface area (Å²) >= 11 is 1.37. The molecule has 0 aliphatic heterocycles. The van der Waals surface area contributed by atoms with Crippen LogP contribution in [0.1, 0.15) is 27.0 Å². The van der Waals surface area contributed by atoms with Crippen molar-refractivity contribution < 1.29 is 9.72 Å². The molecule has 2 aromatic carbocycles. The second-order valence-corrected chi connectivity index (χ2v) is 6.58. The Morgan fingerprint density at radius 1 is 1.12 bits per heavy atom. The summed E-state index contributed by atoms with van der Waals surface area (Å²) in [6, 6.07) is 8.68. The SMILES string of the molecule is Cc1cccc(C(=O)Nc2nc3c(C)ccc(C)c3s2)c1[N+](=O)[O-]. The summed E-state index contributed by atoms with van der Waals surface area (Å²) in [6.45, 7) is 5.55. The van der Waals surface area contributed by atoms with E-state index in [1.54, 1.807) is 19.1 Å². The molecule has 0 saturated carbocycles. The number of amides is 1. The molecule has 24 heavy (non-hydrogen) atoms. The van der Waals surface area contributed by atoms with E-state index in [-0.39, 0.29) is 11.3 Å². The lowest BCUT2D eigenvalue weighted by molar-refractivity contribution is -0.385. The molecule has 3 aromatic rings. The number of hydrogen-bond acceptors (Lipinski definition) is 5. The van der Waals surface area contributed by atoms with E-state index in [1.165, 1.54) is 17.4 Å². The number of para-hydroxylation sites is 1. The van der Waals surface area contributed by atoms with E-state index in [4.69, 9.17) is 0 Å². The number of aromatic nitrogens is 1. The lowest BCUT2D eigenvalue weighted by atomic mass is 10.1. The third-order valence-electron chi connectivity index (χ3n) is 3.83. The molecule has 7 heteroatoms. The number of nitrogens with one attached hydrogen (secondary N) is 1. The average molecular weight is 341 g/mol. The van der Waals surface area contributed by atoms with Gasteiger partial charge in [-0.15, -0.1) is 0 Å². The predicted octanol–water partition coefficient (Wildman–Crippen LogP) is 4.38. The number of nitrogens with zero attached hydrogens (tertiary/aromatic N) is 2. The number of fused-ring (bicyclic) bond motifs is 1. The maximum atomic E-state index is 12.5. The van der Waals surface area contributed by atoms with Gasteiger partial charge in [0.15, 0.2) is 5.13 Å². The van der Waals surface area contributed by atoms with Crippen molar-refractivity contribution in [3.05, 3.63) is 62.7 Å². The van der Waals surface area contributed by atoms with Crippen LogP contribution in [0.4, 0.5) is 10.8 Å². The van der Waals surface area contributed by atoms with Gasteiger partial charge < -0.3 is 0 Å². The summed E-state index contributed by atoms with van der Waals surface area (Å²) < 4.78 is 1.00. The van der Waals surface area contributed by atoms with Crippen LogP contribution in [0.3, 0.4) is 0 Å². The van der Waals surface area contributed by atoms with Crippen LogP contribution in [0, 0.1) is 30.9 Å². The quantitative estimate of drug-likeness (QED) is 0.566. The van der Waals surface area contributed by atoms with Crippen LogP contribution in [-0.2, 0) is 0 Å². The molecule has 3 rings (SSSR count). The molecule has 0 aliphatic carbocycles. The number of nitro benzene ring substituents is 1. The van der Waals surface area contributed by atoms with Crippen LogP contribution >= 0.6 is 11.3 Å². The van der Waals surface area contributed by atoms with Crippen molar-refractivity contribution in [2.75, 3.05) is 5.32 Å². The molecule has 0 radical (unpaired) electrons. The van der Waals surface area contributed by atoms with E-state index in [2.05, 4.69) is 10.3 Å². The van der Waals surface area contributed by atoms with Gasteiger partial charge in [-0.2, -0.15) is 0 Å². The number of aryl methyl sites for hydroxylation is 3. The van der Waals surface area contributed by atoms with Crippen LogP contribution in [0.2, 0.25) is 0 Å². The molecular weight excluding hydrogens is 326 g/mol. The zero-order valence-corrected chi connectivity index (χ0v) is 14.2. The van der Waals surface area contributed by atoms with E-state index >= 15 is 0 Å². The molecule has 6 nitrogen and oxygen atoms in total. The summed E-state index contributed by atoms with van der Waals surface area (Å²) in [6.07, 6.45) is 0. The van der Waals surface area contributed by atoms with Gasteiger partial charge in [0.1, 0.15) is 5.56 Å². The fourth-order valence-corrected chi connectivity index (χ4v) is 3.57. The van der Waals surface area contributed by atoms with E-state index < -0.39 is 10.8 Å². The minimum Gasteiger partial charge on any atom is -0.298 e. The Balaban J connectivity index is 1.99. The summed E-state index contributed by atoms with van der Waals surface area (Å²) in [5.74, 6) is -0.528. The molecule has 1 amide bonds.